The van der Waals surface area contributed by atoms with Crippen LogP contribution in [0.3, 0.4) is 0 Å². The third-order valence-electron chi connectivity index (χ3n) is 8.43. The van der Waals surface area contributed by atoms with E-state index in [4.69, 9.17) is 10.5 Å². The van der Waals surface area contributed by atoms with Gasteiger partial charge in [0.25, 0.3) is 5.91 Å². The van der Waals surface area contributed by atoms with Crippen molar-refractivity contribution in [2.45, 2.75) is 64.1 Å². The molecule has 2 amide bonds. The fourth-order valence-corrected chi connectivity index (χ4v) is 5.64. The molecule has 0 radical (unpaired) electrons. The number of nitrogens with zero attached hydrogens (tertiary/aromatic N) is 3. The number of nitriles is 1. The largest absolute Gasteiger partial charge is 0.492 e. The smallest absolute Gasteiger partial charge is 0.257 e. The molecule has 2 aliphatic heterocycles. The van der Waals surface area contributed by atoms with Crippen LogP contribution in [0, 0.1) is 23.1 Å². The van der Waals surface area contributed by atoms with Crippen molar-refractivity contribution in [1.82, 2.24) is 9.80 Å². The minimum Gasteiger partial charge on any atom is -0.492 e. The summed E-state index contributed by atoms with van der Waals surface area (Å²) < 4.78 is 35.8. The SMILES string of the molecule is CCC(F)(CC)CN1CCC(COc2ccc(-c3ccc(C(=O)N4CCCC4C(N)=O)c(F)c3)cc2C#N)CC1. The average molecular weight is 553 g/mol. The van der Waals surface area contributed by atoms with Gasteiger partial charge in [0, 0.05) is 13.1 Å². The first kappa shape index (κ1) is 29.5. The van der Waals surface area contributed by atoms with Gasteiger partial charge in [-0.25, -0.2) is 8.78 Å². The van der Waals surface area contributed by atoms with Crippen molar-refractivity contribution >= 4 is 11.8 Å². The Kier molecular flexibility index (Phi) is 9.41. The fourth-order valence-electron chi connectivity index (χ4n) is 5.64. The van der Waals surface area contributed by atoms with Crippen LogP contribution in [0.25, 0.3) is 11.1 Å². The van der Waals surface area contributed by atoms with Crippen molar-refractivity contribution in [3.63, 3.8) is 0 Å². The number of halogens is 2. The van der Waals surface area contributed by atoms with Gasteiger partial charge in [0.1, 0.15) is 29.3 Å². The second-order valence-corrected chi connectivity index (χ2v) is 11.0. The highest BCUT2D eigenvalue weighted by molar-refractivity contribution is 5.98. The number of hydrogen-bond acceptors (Lipinski definition) is 5. The molecule has 2 fully saturated rings. The van der Waals surface area contributed by atoms with Gasteiger partial charge in [0.05, 0.1) is 17.7 Å². The second kappa shape index (κ2) is 12.8. The highest BCUT2D eigenvalue weighted by atomic mass is 19.1. The summed E-state index contributed by atoms with van der Waals surface area (Å²) in [5, 5.41) is 9.74. The predicted molar refractivity (Wildman–Crippen MR) is 149 cm³/mol. The highest BCUT2D eigenvalue weighted by Crippen LogP contribution is 2.30. The van der Waals surface area contributed by atoms with E-state index in [9.17, 15) is 19.2 Å². The van der Waals surface area contributed by atoms with Crippen LogP contribution in [0.1, 0.15) is 68.3 Å². The normalized spacial score (nSPS) is 18.5. The molecule has 1 atom stereocenters. The lowest BCUT2D eigenvalue weighted by Gasteiger charge is -2.36. The molecule has 0 bridgehead atoms. The number of hydrogen-bond donors (Lipinski definition) is 1. The van der Waals surface area contributed by atoms with E-state index in [2.05, 4.69) is 11.0 Å². The molecule has 1 unspecified atom stereocenters. The number of ether oxygens (including phenoxy) is 1. The number of amides is 2. The number of primary amides is 1. The van der Waals surface area contributed by atoms with Crippen LogP contribution in [0.2, 0.25) is 0 Å². The molecule has 0 spiro atoms. The van der Waals surface area contributed by atoms with Gasteiger partial charge >= 0.3 is 0 Å². The van der Waals surface area contributed by atoms with Crippen molar-refractivity contribution in [2.75, 3.05) is 32.8 Å². The number of alkyl halides is 1. The standard InChI is InChI=1S/C31H38F2N4O3/c1-3-31(33,4-2)20-36-14-11-21(12-15-36)19-40-28-10-8-22(16-24(28)18-34)23-7-9-25(26(32)17-23)30(39)37-13-5-6-27(37)29(35)38/h7-10,16-17,21,27H,3-6,11-15,19-20H2,1-2H3,(H2,35,38). The van der Waals surface area contributed by atoms with Crippen LogP contribution in [0.4, 0.5) is 8.78 Å². The van der Waals surface area contributed by atoms with Gasteiger partial charge in [-0.2, -0.15) is 5.26 Å². The van der Waals surface area contributed by atoms with E-state index in [1.54, 1.807) is 24.3 Å². The lowest BCUT2D eigenvalue weighted by atomic mass is 9.94. The quantitative estimate of drug-likeness (QED) is 0.444. The lowest BCUT2D eigenvalue weighted by Crippen LogP contribution is -2.44. The first-order chi connectivity index (χ1) is 19.2. The minimum absolute atomic E-state index is 0.120. The lowest BCUT2D eigenvalue weighted by molar-refractivity contribution is -0.121. The van der Waals surface area contributed by atoms with E-state index in [0.29, 0.717) is 73.7 Å². The van der Waals surface area contributed by atoms with E-state index in [1.807, 2.05) is 13.8 Å². The zero-order valence-electron chi connectivity index (χ0n) is 23.3. The zero-order valence-corrected chi connectivity index (χ0v) is 23.3. The summed E-state index contributed by atoms with van der Waals surface area (Å²) in [7, 11) is 0. The van der Waals surface area contributed by atoms with Crippen molar-refractivity contribution in [2.24, 2.45) is 11.7 Å². The Hall–Kier alpha value is -3.51. The summed E-state index contributed by atoms with van der Waals surface area (Å²) in [6.07, 6.45) is 3.97. The van der Waals surface area contributed by atoms with Gasteiger partial charge in [0.2, 0.25) is 5.91 Å². The van der Waals surface area contributed by atoms with Gasteiger partial charge in [-0.05, 0) is 92.9 Å². The van der Waals surface area contributed by atoms with E-state index in [-0.39, 0.29) is 5.56 Å². The monoisotopic (exact) mass is 552 g/mol. The molecule has 2 heterocycles. The first-order valence-electron chi connectivity index (χ1n) is 14.2. The summed E-state index contributed by atoms with van der Waals surface area (Å²) in [6, 6.07) is 10.8. The van der Waals surface area contributed by atoms with E-state index in [1.165, 1.54) is 17.0 Å². The Morgan fingerprint density at radius 1 is 1.07 bits per heavy atom. The molecule has 2 N–H and O–H groups in total. The van der Waals surface area contributed by atoms with Gasteiger partial charge in [-0.15, -0.1) is 0 Å². The van der Waals surface area contributed by atoms with Crippen LogP contribution in [0.15, 0.2) is 36.4 Å². The van der Waals surface area contributed by atoms with Crippen LogP contribution in [-0.2, 0) is 4.79 Å². The second-order valence-electron chi connectivity index (χ2n) is 11.0. The van der Waals surface area contributed by atoms with Crippen LogP contribution < -0.4 is 10.5 Å². The van der Waals surface area contributed by atoms with Gasteiger partial charge < -0.3 is 20.3 Å². The molecule has 2 aliphatic rings. The molecule has 2 aromatic rings. The van der Waals surface area contributed by atoms with Crippen molar-refractivity contribution in [3.05, 3.63) is 53.3 Å². The Balaban J connectivity index is 1.38. The third kappa shape index (κ3) is 6.61. The molecule has 40 heavy (non-hydrogen) atoms. The van der Waals surface area contributed by atoms with Crippen LogP contribution in [-0.4, -0.2) is 66.1 Å². The number of nitrogens with two attached hydrogens (primary N) is 1. The number of piperidine rings is 1. The van der Waals surface area contributed by atoms with Gasteiger partial charge in [-0.1, -0.05) is 26.0 Å². The van der Waals surface area contributed by atoms with Gasteiger partial charge in [-0.3, -0.25) is 9.59 Å². The summed E-state index contributed by atoms with van der Waals surface area (Å²) in [4.78, 5) is 28.1. The molecule has 214 valence electrons. The highest BCUT2D eigenvalue weighted by Gasteiger charge is 2.34. The number of carbonyl (C=O) groups is 2. The number of carbonyl (C=O) groups excluding carboxylic acids is 2. The molecule has 2 aromatic carbocycles. The first-order valence-corrected chi connectivity index (χ1v) is 14.2. The summed E-state index contributed by atoms with van der Waals surface area (Å²) >= 11 is 0. The van der Waals surface area contributed by atoms with Crippen molar-refractivity contribution in [1.29, 1.82) is 5.26 Å². The Morgan fingerprint density at radius 3 is 2.38 bits per heavy atom. The van der Waals surface area contributed by atoms with Crippen molar-refractivity contribution in [3.8, 4) is 22.9 Å². The van der Waals surface area contributed by atoms with Crippen LogP contribution >= 0.6 is 0 Å². The molecule has 0 aliphatic carbocycles. The van der Waals surface area contributed by atoms with E-state index < -0.39 is 29.3 Å². The Labute approximate surface area is 234 Å². The number of benzene rings is 2. The summed E-state index contributed by atoms with van der Waals surface area (Å²) in [6.45, 7) is 6.74. The molecule has 0 aromatic heterocycles. The molecular weight excluding hydrogens is 514 g/mol. The average Bonchev–Trinajstić information content (AvgIpc) is 3.47. The Bertz CT molecular complexity index is 1270. The maximum atomic E-state index is 15.0. The predicted octanol–water partition coefficient (Wildman–Crippen LogP) is 5.07. The topological polar surface area (TPSA) is 99.7 Å². The maximum absolute atomic E-state index is 15.0. The zero-order chi connectivity index (χ0) is 28.9. The summed E-state index contributed by atoms with van der Waals surface area (Å²) in [5.74, 6) is -1.06. The van der Waals surface area contributed by atoms with Gasteiger partial charge in [0.15, 0.2) is 0 Å². The molecular formula is C31H38F2N4O3. The Morgan fingerprint density at radius 2 is 1.75 bits per heavy atom. The molecule has 7 nitrogen and oxygen atoms in total. The van der Waals surface area contributed by atoms with E-state index >= 15 is 4.39 Å². The third-order valence-corrected chi connectivity index (χ3v) is 8.43. The minimum atomic E-state index is -1.13. The molecule has 0 saturated carbocycles. The number of likely N-dealkylation sites (tertiary alicyclic amines) is 2. The summed E-state index contributed by atoms with van der Waals surface area (Å²) in [5.41, 5.74) is 5.62. The maximum Gasteiger partial charge on any atom is 0.257 e. The molecule has 2 saturated heterocycles. The van der Waals surface area contributed by atoms with Crippen LogP contribution in [0.5, 0.6) is 5.75 Å². The fraction of sp³-hybridized carbons (Fsp3) is 0.516. The number of rotatable bonds is 10. The molecule has 9 heteroatoms. The van der Waals surface area contributed by atoms with Crippen molar-refractivity contribution < 1.29 is 23.1 Å². The van der Waals surface area contributed by atoms with E-state index in [0.717, 1.165) is 25.9 Å². The molecule has 4 rings (SSSR count).